The number of nitrogens with zero attached hydrogens (tertiary/aromatic N) is 1. The van der Waals surface area contributed by atoms with E-state index in [1.807, 2.05) is 0 Å². The van der Waals surface area contributed by atoms with Crippen LogP contribution in [0.25, 0.3) is 0 Å². The normalized spacial score (nSPS) is 15.2. The van der Waals surface area contributed by atoms with E-state index in [0.29, 0.717) is 36.5 Å². The molecule has 1 amide bonds. The predicted octanol–water partition coefficient (Wildman–Crippen LogP) is 3.92. The first-order valence-electron chi connectivity index (χ1n) is 8.03. The number of amides is 1. The number of carbonyl (C=O) groups is 2. The zero-order chi connectivity index (χ0) is 18.0. The molecule has 1 N–H and O–H groups in total. The van der Waals surface area contributed by atoms with Crippen molar-refractivity contribution in [1.82, 2.24) is 4.90 Å². The largest absolute Gasteiger partial charge is 0.505 e. The number of aromatic hydroxyl groups is 1. The second-order valence-electron chi connectivity index (χ2n) is 6.10. The minimum atomic E-state index is -0.760. The van der Waals surface area contributed by atoms with Gasteiger partial charge >= 0.3 is 0 Å². The number of rotatable bonds is 3. The first-order valence-corrected chi connectivity index (χ1v) is 8.41. The number of halogens is 2. The molecule has 2 aromatic carbocycles. The summed E-state index contributed by atoms with van der Waals surface area (Å²) in [6.45, 7) is 0.891. The van der Waals surface area contributed by atoms with Crippen LogP contribution in [0.4, 0.5) is 4.39 Å². The summed E-state index contributed by atoms with van der Waals surface area (Å²) in [6, 6.07) is 10.3. The van der Waals surface area contributed by atoms with Gasteiger partial charge in [0.1, 0.15) is 0 Å². The van der Waals surface area contributed by atoms with Crippen LogP contribution >= 0.6 is 11.6 Å². The second kappa shape index (κ2) is 7.23. The molecule has 0 bridgehead atoms. The molecule has 2 aromatic rings. The Morgan fingerprint density at radius 2 is 1.64 bits per heavy atom. The highest BCUT2D eigenvalue weighted by molar-refractivity contribution is 6.30. The molecule has 6 heteroatoms. The van der Waals surface area contributed by atoms with Crippen molar-refractivity contribution in [2.24, 2.45) is 5.92 Å². The number of carbonyl (C=O) groups excluding carboxylic acids is 2. The molecule has 0 aromatic heterocycles. The summed E-state index contributed by atoms with van der Waals surface area (Å²) in [5.74, 6) is -1.65. The van der Waals surface area contributed by atoms with E-state index in [-0.39, 0.29) is 23.2 Å². The summed E-state index contributed by atoms with van der Waals surface area (Å²) >= 11 is 5.84. The summed E-state index contributed by atoms with van der Waals surface area (Å²) in [5.41, 5.74) is 0.860. The van der Waals surface area contributed by atoms with Crippen LogP contribution in [0.2, 0.25) is 5.02 Å². The van der Waals surface area contributed by atoms with Crippen LogP contribution in [-0.2, 0) is 0 Å². The lowest BCUT2D eigenvalue weighted by atomic mass is 9.88. The molecule has 1 heterocycles. The Balaban J connectivity index is 1.63. The van der Waals surface area contributed by atoms with Gasteiger partial charge in [-0.25, -0.2) is 4.39 Å². The van der Waals surface area contributed by atoms with E-state index in [4.69, 9.17) is 11.6 Å². The van der Waals surface area contributed by atoms with Crippen molar-refractivity contribution in [2.45, 2.75) is 12.8 Å². The Hall–Kier alpha value is -2.40. The van der Waals surface area contributed by atoms with Crippen LogP contribution in [0.3, 0.4) is 0 Å². The third kappa shape index (κ3) is 3.82. The lowest BCUT2D eigenvalue weighted by Crippen LogP contribution is -2.40. The maximum absolute atomic E-state index is 13.1. The Morgan fingerprint density at radius 3 is 2.24 bits per heavy atom. The number of piperidine rings is 1. The van der Waals surface area contributed by atoms with Crippen molar-refractivity contribution in [1.29, 1.82) is 0 Å². The average molecular weight is 362 g/mol. The van der Waals surface area contributed by atoms with Gasteiger partial charge < -0.3 is 10.0 Å². The topological polar surface area (TPSA) is 57.6 Å². The molecule has 0 aliphatic carbocycles. The number of benzene rings is 2. The number of hydrogen-bond acceptors (Lipinski definition) is 3. The zero-order valence-corrected chi connectivity index (χ0v) is 14.2. The maximum Gasteiger partial charge on any atom is 0.253 e. The molecular formula is C19H17ClFNO3. The minimum absolute atomic E-state index is 0.0585. The highest BCUT2D eigenvalue weighted by Crippen LogP contribution is 2.25. The molecule has 1 aliphatic heterocycles. The number of hydrogen-bond donors (Lipinski definition) is 1. The molecule has 0 radical (unpaired) electrons. The van der Waals surface area contributed by atoms with Gasteiger partial charge in [-0.3, -0.25) is 9.59 Å². The van der Waals surface area contributed by atoms with Gasteiger partial charge in [-0.1, -0.05) is 11.6 Å². The van der Waals surface area contributed by atoms with E-state index in [0.717, 1.165) is 12.1 Å². The van der Waals surface area contributed by atoms with Crippen molar-refractivity contribution in [3.8, 4) is 5.75 Å². The Bertz CT molecular complexity index is 799. The Morgan fingerprint density at radius 1 is 1.04 bits per heavy atom. The van der Waals surface area contributed by atoms with Crippen molar-refractivity contribution in [3.63, 3.8) is 0 Å². The molecule has 1 saturated heterocycles. The third-order valence-corrected chi connectivity index (χ3v) is 4.73. The van der Waals surface area contributed by atoms with Gasteiger partial charge in [0.05, 0.1) is 0 Å². The number of Topliss-reactive ketones (excluding diaryl/α,β-unsaturated/α-hetero) is 1. The lowest BCUT2D eigenvalue weighted by molar-refractivity contribution is 0.0650. The van der Waals surface area contributed by atoms with E-state index < -0.39 is 11.6 Å². The Labute approximate surface area is 149 Å². The van der Waals surface area contributed by atoms with Gasteiger partial charge in [0.2, 0.25) is 0 Å². The summed E-state index contributed by atoms with van der Waals surface area (Å²) < 4.78 is 13.1. The van der Waals surface area contributed by atoms with Crippen LogP contribution in [0.15, 0.2) is 42.5 Å². The van der Waals surface area contributed by atoms with E-state index in [1.54, 1.807) is 29.2 Å². The monoisotopic (exact) mass is 361 g/mol. The zero-order valence-electron chi connectivity index (χ0n) is 13.4. The van der Waals surface area contributed by atoms with Crippen LogP contribution < -0.4 is 0 Å². The molecule has 4 nitrogen and oxygen atoms in total. The number of likely N-dealkylation sites (tertiary alicyclic amines) is 1. The quantitative estimate of drug-likeness (QED) is 0.843. The maximum atomic E-state index is 13.1. The summed E-state index contributed by atoms with van der Waals surface area (Å²) in [5, 5.41) is 9.99. The fourth-order valence-corrected chi connectivity index (χ4v) is 3.15. The van der Waals surface area contributed by atoms with E-state index in [9.17, 15) is 19.1 Å². The van der Waals surface area contributed by atoms with Crippen molar-refractivity contribution >= 4 is 23.3 Å². The highest BCUT2D eigenvalue weighted by Gasteiger charge is 2.28. The molecule has 1 fully saturated rings. The number of ketones is 1. The standard InChI is InChI=1S/C19H17ClFNO3/c20-15-4-1-12(2-5-15)18(24)13-7-9-22(10-8-13)19(25)14-3-6-16(21)17(23)11-14/h1-6,11,13,23H,7-10H2. The molecule has 3 rings (SSSR count). The minimum Gasteiger partial charge on any atom is -0.505 e. The fourth-order valence-electron chi connectivity index (χ4n) is 3.02. The predicted molar refractivity (Wildman–Crippen MR) is 92.5 cm³/mol. The smallest absolute Gasteiger partial charge is 0.253 e. The van der Waals surface area contributed by atoms with Crippen molar-refractivity contribution in [2.75, 3.05) is 13.1 Å². The molecule has 0 saturated carbocycles. The summed E-state index contributed by atoms with van der Waals surface area (Å²) in [7, 11) is 0. The lowest BCUT2D eigenvalue weighted by Gasteiger charge is -2.31. The molecular weight excluding hydrogens is 345 g/mol. The molecule has 0 atom stereocenters. The SMILES string of the molecule is O=C(c1ccc(Cl)cc1)C1CCN(C(=O)c2ccc(F)c(O)c2)CC1. The second-order valence-corrected chi connectivity index (χ2v) is 6.54. The fraction of sp³-hybridized carbons (Fsp3) is 0.263. The number of phenolic OH excluding ortho intramolecular Hbond substituents is 1. The molecule has 25 heavy (non-hydrogen) atoms. The van der Waals surface area contributed by atoms with Gasteiger partial charge in [0.25, 0.3) is 5.91 Å². The third-order valence-electron chi connectivity index (χ3n) is 4.47. The van der Waals surface area contributed by atoms with E-state index in [1.165, 1.54) is 6.07 Å². The first kappa shape index (κ1) is 17.4. The van der Waals surface area contributed by atoms with Crippen LogP contribution in [0, 0.1) is 11.7 Å². The Kier molecular flexibility index (Phi) is 5.04. The first-order chi connectivity index (χ1) is 12.0. The van der Waals surface area contributed by atoms with Crippen LogP contribution in [0.5, 0.6) is 5.75 Å². The van der Waals surface area contributed by atoms with Crippen LogP contribution in [0.1, 0.15) is 33.6 Å². The van der Waals surface area contributed by atoms with Gasteiger partial charge in [0, 0.05) is 35.2 Å². The van der Waals surface area contributed by atoms with Crippen molar-refractivity contribution < 1.29 is 19.1 Å². The average Bonchev–Trinajstić information content (AvgIpc) is 2.63. The molecule has 0 spiro atoms. The molecule has 0 unspecified atom stereocenters. The highest BCUT2D eigenvalue weighted by atomic mass is 35.5. The van der Waals surface area contributed by atoms with Crippen LogP contribution in [-0.4, -0.2) is 34.8 Å². The van der Waals surface area contributed by atoms with Gasteiger partial charge in [0.15, 0.2) is 17.3 Å². The number of phenols is 1. The van der Waals surface area contributed by atoms with Crippen molar-refractivity contribution in [3.05, 3.63) is 64.4 Å². The van der Waals surface area contributed by atoms with Gasteiger partial charge in [-0.05, 0) is 55.3 Å². The van der Waals surface area contributed by atoms with E-state index in [2.05, 4.69) is 0 Å². The molecule has 130 valence electrons. The molecule has 1 aliphatic rings. The van der Waals surface area contributed by atoms with Gasteiger partial charge in [-0.15, -0.1) is 0 Å². The van der Waals surface area contributed by atoms with Gasteiger partial charge in [-0.2, -0.15) is 0 Å². The summed E-state index contributed by atoms with van der Waals surface area (Å²) in [4.78, 5) is 26.6. The van der Waals surface area contributed by atoms with E-state index >= 15 is 0 Å². The summed E-state index contributed by atoms with van der Waals surface area (Å²) in [6.07, 6.45) is 1.14.